The molecule has 1 heterocycles. The molecule has 2 heteroatoms. The minimum atomic E-state index is 0.357. The van der Waals surface area contributed by atoms with Crippen molar-refractivity contribution in [2.24, 2.45) is 11.3 Å². The van der Waals surface area contributed by atoms with Gasteiger partial charge in [0.1, 0.15) is 0 Å². The fourth-order valence-electron chi connectivity index (χ4n) is 3.92. The summed E-state index contributed by atoms with van der Waals surface area (Å²) in [5, 5.41) is 3.87. The zero-order valence-corrected chi connectivity index (χ0v) is 13.6. The van der Waals surface area contributed by atoms with Gasteiger partial charge in [0.15, 0.2) is 0 Å². The Morgan fingerprint density at radius 3 is 2.67 bits per heavy atom. The number of morpholine rings is 1. The van der Waals surface area contributed by atoms with Crippen LogP contribution in [0, 0.1) is 11.3 Å². The van der Waals surface area contributed by atoms with Gasteiger partial charge in [0, 0.05) is 6.04 Å². The van der Waals surface area contributed by atoms with Crippen molar-refractivity contribution in [3.05, 3.63) is 35.9 Å². The third kappa shape index (κ3) is 3.17. The first-order chi connectivity index (χ1) is 10.1. The first-order valence-corrected chi connectivity index (χ1v) is 8.52. The Hall–Kier alpha value is -0.860. The molecule has 1 saturated heterocycles. The monoisotopic (exact) mass is 287 g/mol. The molecule has 1 aromatic carbocycles. The van der Waals surface area contributed by atoms with E-state index in [1.165, 1.54) is 31.2 Å². The molecule has 1 aromatic rings. The minimum Gasteiger partial charge on any atom is -0.375 e. The summed E-state index contributed by atoms with van der Waals surface area (Å²) in [4.78, 5) is 0. The highest BCUT2D eigenvalue weighted by atomic mass is 16.5. The average molecular weight is 287 g/mol. The number of ether oxygens (including phenoxy) is 1. The lowest BCUT2D eigenvalue weighted by Crippen LogP contribution is -2.54. The first kappa shape index (κ1) is 15.1. The van der Waals surface area contributed by atoms with Crippen molar-refractivity contribution in [1.29, 1.82) is 0 Å². The summed E-state index contributed by atoms with van der Waals surface area (Å²) in [6, 6.07) is 11.6. The van der Waals surface area contributed by atoms with Gasteiger partial charge >= 0.3 is 0 Å². The summed E-state index contributed by atoms with van der Waals surface area (Å²) < 4.78 is 6.18. The van der Waals surface area contributed by atoms with Crippen LogP contribution in [0.1, 0.15) is 58.1 Å². The molecule has 0 radical (unpaired) electrons. The molecule has 2 fully saturated rings. The van der Waals surface area contributed by atoms with Crippen LogP contribution in [0.2, 0.25) is 0 Å². The molecule has 0 amide bonds. The van der Waals surface area contributed by atoms with E-state index in [2.05, 4.69) is 56.4 Å². The van der Waals surface area contributed by atoms with Gasteiger partial charge in [0.05, 0.1) is 18.8 Å². The van der Waals surface area contributed by atoms with Crippen LogP contribution in [0.15, 0.2) is 30.3 Å². The molecule has 4 atom stereocenters. The Morgan fingerprint density at radius 1 is 1.19 bits per heavy atom. The topological polar surface area (TPSA) is 21.3 Å². The molecule has 1 saturated carbocycles. The number of hydrogen-bond acceptors (Lipinski definition) is 2. The van der Waals surface area contributed by atoms with E-state index >= 15 is 0 Å². The Bertz CT molecular complexity index is 456. The standard InChI is InChI=1S/C19H29NO/c1-4-19(2,3)15-10-11-18-16(12-15)20-17(13-21-18)14-8-6-5-7-9-14/h5-9,15-18,20H,4,10-13H2,1-3H3. The summed E-state index contributed by atoms with van der Waals surface area (Å²) in [7, 11) is 0. The van der Waals surface area contributed by atoms with E-state index in [0.717, 1.165) is 12.5 Å². The molecule has 3 rings (SSSR count). The predicted octanol–water partition coefficient (Wildman–Crippen LogP) is 4.32. The zero-order valence-electron chi connectivity index (χ0n) is 13.6. The van der Waals surface area contributed by atoms with Gasteiger partial charge in [-0.25, -0.2) is 0 Å². The Balaban J connectivity index is 1.68. The highest BCUT2D eigenvalue weighted by Gasteiger charge is 2.40. The van der Waals surface area contributed by atoms with Gasteiger partial charge in [0.25, 0.3) is 0 Å². The highest BCUT2D eigenvalue weighted by molar-refractivity contribution is 5.20. The Morgan fingerprint density at radius 2 is 1.95 bits per heavy atom. The average Bonchev–Trinajstić information content (AvgIpc) is 2.54. The second kappa shape index (κ2) is 6.10. The molecule has 2 aliphatic rings. The second-order valence-corrected chi connectivity index (χ2v) is 7.46. The third-order valence-electron chi connectivity index (χ3n) is 5.90. The fourth-order valence-corrected chi connectivity index (χ4v) is 3.92. The fraction of sp³-hybridized carbons (Fsp3) is 0.684. The van der Waals surface area contributed by atoms with Crippen LogP contribution in [0.25, 0.3) is 0 Å². The first-order valence-electron chi connectivity index (χ1n) is 8.52. The van der Waals surface area contributed by atoms with E-state index in [1.54, 1.807) is 0 Å². The van der Waals surface area contributed by atoms with Crippen molar-refractivity contribution in [2.45, 2.75) is 64.6 Å². The van der Waals surface area contributed by atoms with Crippen LogP contribution in [0.4, 0.5) is 0 Å². The van der Waals surface area contributed by atoms with E-state index in [4.69, 9.17) is 4.74 Å². The smallest absolute Gasteiger partial charge is 0.0729 e. The Labute approximate surface area is 129 Å². The highest BCUT2D eigenvalue weighted by Crippen LogP contribution is 2.42. The van der Waals surface area contributed by atoms with Crippen LogP contribution in [0.5, 0.6) is 0 Å². The van der Waals surface area contributed by atoms with Crippen LogP contribution in [0.3, 0.4) is 0 Å². The lowest BCUT2D eigenvalue weighted by Gasteiger charge is -2.47. The molecule has 21 heavy (non-hydrogen) atoms. The van der Waals surface area contributed by atoms with Gasteiger partial charge in [-0.2, -0.15) is 0 Å². The second-order valence-electron chi connectivity index (χ2n) is 7.46. The molecule has 0 bridgehead atoms. The van der Waals surface area contributed by atoms with E-state index in [9.17, 15) is 0 Å². The van der Waals surface area contributed by atoms with Gasteiger partial charge in [0.2, 0.25) is 0 Å². The maximum atomic E-state index is 6.18. The Kier molecular flexibility index (Phi) is 4.37. The maximum absolute atomic E-state index is 6.18. The summed E-state index contributed by atoms with van der Waals surface area (Å²) in [5.41, 5.74) is 1.81. The molecule has 1 aliphatic heterocycles. The van der Waals surface area contributed by atoms with Crippen LogP contribution < -0.4 is 5.32 Å². The van der Waals surface area contributed by atoms with Crippen molar-refractivity contribution < 1.29 is 4.74 Å². The molecule has 4 unspecified atom stereocenters. The number of rotatable bonds is 3. The molecule has 0 aromatic heterocycles. The van der Waals surface area contributed by atoms with E-state index < -0.39 is 0 Å². The predicted molar refractivity (Wildman–Crippen MR) is 87.3 cm³/mol. The molecule has 2 nitrogen and oxygen atoms in total. The number of nitrogens with one attached hydrogen (secondary N) is 1. The van der Waals surface area contributed by atoms with Crippen molar-refractivity contribution in [3.63, 3.8) is 0 Å². The molecule has 1 N–H and O–H groups in total. The number of fused-ring (bicyclic) bond motifs is 1. The van der Waals surface area contributed by atoms with Gasteiger partial charge in [-0.15, -0.1) is 0 Å². The molecular formula is C19H29NO. The van der Waals surface area contributed by atoms with Gasteiger partial charge in [-0.05, 0) is 36.2 Å². The van der Waals surface area contributed by atoms with Gasteiger partial charge in [-0.3, -0.25) is 0 Å². The summed E-state index contributed by atoms with van der Waals surface area (Å²) in [6.45, 7) is 7.99. The van der Waals surface area contributed by atoms with Crippen LogP contribution in [-0.4, -0.2) is 18.8 Å². The lowest BCUT2D eigenvalue weighted by molar-refractivity contribution is -0.0674. The van der Waals surface area contributed by atoms with E-state index in [1.807, 2.05) is 0 Å². The quantitative estimate of drug-likeness (QED) is 0.894. The minimum absolute atomic E-state index is 0.357. The van der Waals surface area contributed by atoms with Crippen LogP contribution >= 0.6 is 0 Å². The van der Waals surface area contributed by atoms with Gasteiger partial charge in [-0.1, -0.05) is 57.5 Å². The largest absolute Gasteiger partial charge is 0.375 e. The molecule has 0 spiro atoms. The number of hydrogen-bond donors (Lipinski definition) is 1. The lowest BCUT2D eigenvalue weighted by atomic mass is 9.67. The normalized spacial score (nSPS) is 33.5. The molecule has 1 aliphatic carbocycles. The zero-order chi connectivity index (χ0) is 14.9. The molecular weight excluding hydrogens is 258 g/mol. The van der Waals surface area contributed by atoms with E-state index in [0.29, 0.717) is 23.6 Å². The summed E-state index contributed by atoms with van der Waals surface area (Å²) in [5.74, 6) is 0.814. The van der Waals surface area contributed by atoms with Crippen LogP contribution in [-0.2, 0) is 4.74 Å². The maximum Gasteiger partial charge on any atom is 0.0729 e. The third-order valence-corrected chi connectivity index (χ3v) is 5.90. The van der Waals surface area contributed by atoms with Crippen molar-refractivity contribution in [3.8, 4) is 0 Å². The summed E-state index contributed by atoms with van der Waals surface area (Å²) >= 11 is 0. The van der Waals surface area contributed by atoms with Crippen molar-refractivity contribution in [2.75, 3.05) is 6.61 Å². The SMILES string of the molecule is CCC(C)(C)C1CCC2OCC(c3ccccc3)NC2C1. The molecule has 116 valence electrons. The summed E-state index contributed by atoms with van der Waals surface area (Å²) in [6.07, 6.45) is 5.48. The van der Waals surface area contributed by atoms with Crippen molar-refractivity contribution in [1.82, 2.24) is 5.32 Å². The van der Waals surface area contributed by atoms with E-state index in [-0.39, 0.29) is 0 Å². The number of benzene rings is 1. The van der Waals surface area contributed by atoms with Crippen molar-refractivity contribution >= 4 is 0 Å². The van der Waals surface area contributed by atoms with Gasteiger partial charge < -0.3 is 10.1 Å².